The topological polar surface area (TPSA) is 65.7 Å². The fourth-order valence-corrected chi connectivity index (χ4v) is 2.32. The summed E-state index contributed by atoms with van der Waals surface area (Å²) >= 11 is 5.90. The van der Waals surface area contributed by atoms with E-state index in [1.165, 1.54) is 24.4 Å². The van der Waals surface area contributed by atoms with E-state index in [0.29, 0.717) is 16.3 Å². The highest BCUT2D eigenvalue weighted by atomic mass is 35.5. The Kier molecular flexibility index (Phi) is 5.66. The fourth-order valence-electron chi connectivity index (χ4n) is 2.15. The van der Waals surface area contributed by atoms with Crippen molar-refractivity contribution >= 4 is 35.7 Å². The van der Waals surface area contributed by atoms with Crippen molar-refractivity contribution in [3.05, 3.63) is 64.6 Å². The first-order valence-corrected chi connectivity index (χ1v) is 7.30. The average molecular weight is 333 g/mol. The highest BCUT2D eigenvalue weighted by molar-refractivity contribution is 6.66. The minimum absolute atomic E-state index is 0.265. The van der Waals surface area contributed by atoms with Crippen LogP contribution in [0, 0.1) is 5.82 Å². The first-order chi connectivity index (χ1) is 10.9. The number of aromatic nitrogens is 1. The van der Waals surface area contributed by atoms with E-state index in [-0.39, 0.29) is 16.9 Å². The molecule has 7 heteroatoms. The molecule has 0 aliphatic rings. The van der Waals surface area contributed by atoms with Crippen molar-refractivity contribution in [1.82, 2.24) is 4.98 Å². The van der Waals surface area contributed by atoms with Crippen LogP contribution in [0.1, 0.15) is 25.0 Å². The van der Waals surface area contributed by atoms with Crippen LogP contribution in [0.3, 0.4) is 0 Å². The van der Waals surface area contributed by atoms with Gasteiger partial charge in [0.1, 0.15) is 5.82 Å². The number of hydrogen-bond donors (Lipinski definition) is 2. The van der Waals surface area contributed by atoms with E-state index in [4.69, 9.17) is 11.6 Å². The van der Waals surface area contributed by atoms with E-state index in [9.17, 15) is 14.4 Å². The first-order valence-electron chi connectivity index (χ1n) is 6.92. The molecule has 0 saturated carbocycles. The van der Waals surface area contributed by atoms with E-state index in [0.717, 1.165) is 0 Å². The number of rotatable bonds is 4. The van der Waals surface area contributed by atoms with Gasteiger partial charge >= 0.3 is 7.12 Å². The van der Waals surface area contributed by atoms with E-state index < -0.39 is 12.9 Å². The standard InChI is InChI=1S/C16H15BClFN2O2/c1-3-14(17(22)23)12-5-4-8-20-16(12)21-10(2)13-9-11(18)6-7-15(13)19/h3-9,22-23H,1-2H3/b14-3+,21-10+. The van der Waals surface area contributed by atoms with Crippen LogP contribution in [0.25, 0.3) is 5.47 Å². The van der Waals surface area contributed by atoms with Crippen LogP contribution in [-0.4, -0.2) is 27.9 Å². The molecule has 0 saturated heterocycles. The Hall–Kier alpha value is -2.02. The molecule has 0 aliphatic carbocycles. The Morgan fingerprint density at radius 3 is 2.70 bits per heavy atom. The number of hydrogen-bond acceptors (Lipinski definition) is 4. The second-order valence-electron chi connectivity index (χ2n) is 4.81. The van der Waals surface area contributed by atoms with Gasteiger partial charge in [0.15, 0.2) is 5.82 Å². The molecule has 4 nitrogen and oxygen atoms in total. The van der Waals surface area contributed by atoms with Gasteiger partial charge in [-0.25, -0.2) is 14.4 Å². The Morgan fingerprint density at radius 1 is 1.30 bits per heavy atom. The maximum atomic E-state index is 13.9. The third-order valence-corrected chi connectivity index (χ3v) is 3.51. The van der Waals surface area contributed by atoms with Gasteiger partial charge in [-0.3, -0.25) is 0 Å². The van der Waals surface area contributed by atoms with E-state index in [1.807, 2.05) is 0 Å². The van der Waals surface area contributed by atoms with Gasteiger partial charge < -0.3 is 10.0 Å². The van der Waals surface area contributed by atoms with Crippen molar-refractivity contribution in [2.45, 2.75) is 13.8 Å². The summed E-state index contributed by atoms with van der Waals surface area (Å²) in [6, 6.07) is 7.54. The summed E-state index contributed by atoms with van der Waals surface area (Å²) < 4.78 is 13.9. The lowest BCUT2D eigenvalue weighted by Crippen LogP contribution is -2.14. The zero-order chi connectivity index (χ0) is 17.0. The van der Waals surface area contributed by atoms with E-state index >= 15 is 0 Å². The van der Waals surface area contributed by atoms with Gasteiger partial charge in [-0.05, 0) is 43.6 Å². The fraction of sp³-hybridized carbons (Fsp3) is 0.125. The highest BCUT2D eigenvalue weighted by Gasteiger charge is 2.19. The van der Waals surface area contributed by atoms with Crippen molar-refractivity contribution in [3.63, 3.8) is 0 Å². The van der Waals surface area contributed by atoms with Crippen molar-refractivity contribution in [2.24, 2.45) is 4.99 Å². The van der Waals surface area contributed by atoms with Gasteiger partial charge in [0.05, 0.1) is 5.71 Å². The van der Waals surface area contributed by atoms with Gasteiger partial charge in [0.2, 0.25) is 0 Å². The van der Waals surface area contributed by atoms with Crippen LogP contribution in [0.5, 0.6) is 0 Å². The molecule has 0 spiro atoms. The van der Waals surface area contributed by atoms with Gasteiger partial charge in [-0.15, -0.1) is 0 Å². The molecule has 1 aromatic heterocycles. The summed E-state index contributed by atoms with van der Waals surface area (Å²) in [5, 5.41) is 19.3. The highest BCUT2D eigenvalue weighted by Crippen LogP contribution is 2.26. The van der Waals surface area contributed by atoms with Crippen LogP contribution in [0.15, 0.2) is 47.6 Å². The quantitative estimate of drug-likeness (QED) is 0.666. The maximum absolute atomic E-state index is 13.9. The molecule has 0 aliphatic heterocycles. The average Bonchev–Trinajstić information content (AvgIpc) is 2.51. The minimum atomic E-state index is -1.65. The molecule has 2 aromatic rings. The number of halogens is 2. The predicted molar refractivity (Wildman–Crippen MR) is 91.4 cm³/mol. The van der Waals surface area contributed by atoms with Crippen molar-refractivity contribution in [3.8, 4) is 0 Å². The van der Waals surface area contributed by atoms with E-state index in [2.05, 4.69) is 9.98 Å². The summed E-state index contributed by atoms with van der Waals surface area (Å²) in [5.41, 5.74) is 1.39. The van der Waals surface area contributed by atoms with Crippen molar-refractivity contribution in [1.29, 1.82) is 0 Å². The molecule has 2 rings (SSSR count). The van der Waals surface area contributed by atoms with Crippen LogP contribution in [0.4, 0.5) is 10.2 Å². The number of pyridine rings is 1. The minimum Gasteiger partial charge on any atom is -0.423 e. The zero-order valence-electron chi connectivity index (χ0n) is 12.7. The molecule has 0 amide bonds. The molecule has 0 atom stereocenters. The summed E-state index contributed by atoms with van der Waals surface area (Å²) in [5.74, 6) is -0.174. The second-order valence-corrected chi connectivity index (χ2v) is 5.25. The third-order valence-electron chi connectivity index (χ3n) is 3.28. The van der Waals surface area contributed by atoms with Crippen LogP contribution < -0.4 is 0 Å². The first kappa shape index (κ1) is 17.3. The smallest absolute Gasteiger partial charge is 0.423 e. The molecule has 23 heavy (non-hydrogen) atoms. The Bertz CT molecular complexity index is 778. The molecular weight excluding hydrogens is 317 g/mol. The molecule has 1 heterocycles. The monoisotopic (exact) mass is 332 g/mol. The molecule has 118 valence electrons. The lowest BCUT2D eigenvalue weighted by Gasteiger charge is -2.10. The Labute approximate surface area is 139 Å². The Morgan fingerprint density at radius 2 is 2.04 bits per heavy atom. The van der Waals surface area contributed by atoms with Gasteiger partial charge in [0.25, 0.3) is 0 Å². The van der Waals surface area contributed by atoms with Crippen LogP contribution in [0.2, 0.25) is 5.02 Å². The van der Waals surface area contributed by atoms with Crippen molar-refractivity contribution < 1.29 is 14.4 Å². The lowest BCUT2D eigenvalue weighted by atomic mass is 9.75. The van der Waals surface area contributed by atoms with Crippen molar-refractivity contribution in [2.75, 3.05) is 0 Å². The summed E-state index contributed by atoms with van der Waals surface area (Å²) in [6.45, 7) is 3.32. The summed E-state index contributed by atoms with van der Waals surface area (Å²) in [7, 11) is -1.65. The van der Waals surface area contributed by atoms with Gasteiger partial charge in [0, 0.05) is 22.3 Å². The van der Waals surface area contributed by atoms with Crippen LogP contribution >= 0.6 is 11.6 Å². The molecule has 0 radical (unpaired) electrons. The summed E-state index contributed by atoms with van der Waals surface area (Å²) in [6.07, 6.45) is 3.09. The second kappa shape index (κ2) is 7.50. The molecule has 2 N–H and O–H groups in total. The maximum Gasteiger partial charge on any atom is 0.488 e. The van der Waals surface area contributed by atoms with E-state index in [1.54, 1.807) is 32.1 Å². The molecule has 0 fully saturated rings. The number of nitrogens with zero attached hydrogens (tertiary/aromatic N) is 2. The normalized spacial score (nSPS) is 12.4. The SMILES string of the molecule is C/C=C(/B(O)O)c1cccnc1/N=C(\C)c1cc(Cl)ccc1F. The third kappa shape index (κ3) is 4.04. The lowest BCUT2D eigenvalue weighted by molar-refractivity contribution is 0.427. The predicted octanol–water partition coefficient (Wildman–Crippen LogP) is 3.43. The largest absolute Gasteiger partial charge is 0.488 e. The molecule has 0 unspecified atom stereocenters. The molecular formula is C16H15BClFN2O2. The molecule has 0 bridgehead atoms. The summed E-state index contributed by atoms with van der Waals surface area (Å²) in [4.78, 5) is 8.47. The van der Waals surface area contributed by atoms with Gasteiger partial charge in [-0.2, -0.15) is 0 Å². The zero-order valence-corrected chi connectivity index (χ0v) is 13.4. The number of aliphatic imine (C=N–C) groups is 1. The number of allylic oxidation sites excluding steroid dienone is 1. The van der Waals surface area contributed by atoms with Gasteiger partial charge in [-0.1, -0.05) is 23.7 Å². The van der Waals surface area contributed by atoms with Crippen LogP contribution in [-0.2, 0) is 0 Å². The molecule has 1 aromatic carbocycles. The Balaban J connectivity index is 2.53. The number of benzene rings is 1.